The monoisotopic (exact) mass is 320 g/mol. The van der Waals surface area contributed by atoms with Crippen molar-refractivity contribution < 1.29 is 4.79 Å². The van der Waals surface area contributed by atoms with Gasteiger partial charge in [0.05, 0.1) is 0 Å². The van der Waals surface area contributed by atoms with Gasteiger partial charge >= 0.3 is 0 Å². The van der Waals surface area contributed by atoms with E-state index in [1.807, 2.05) is 0 Å². The van der Waals surface area contributed by atoms with Gasteiger partial charge in [-0.3, -0.25) is 9.89 Å². The van der Waals surface area contributed by atoms with Gasteiger partial charge in [0, 0.05) is 54.4 Å². The number of H-pyrrole nitrogens is 1. The lowest BCUT2D eigenvalue weighted by Crippen LogP contribution is -2.50. The fraction of sp³-hybridized carbons (Fsp3) is 0.750. The highest BCUT2D eigenvalue weighted by molar-refractivity contribution is 8.00. The normalized spacial score (nSPS) is 24.3. The third kappa shape index (κ3) is 2.56. The zero-order chi connectivity index (χ0) is 15.0. The maximum absolute atomic E-state index is 13.0. The third-order valence-corrected chi connectivity index (χ3v) is 6.85. The molecule has 1 aromatic rings. The molecule has 0 bridgehead atoms. The van der Waals surface area contributed by atoms with E-state index in [9.17, 15) is 4.79 Å². The average Bonchev–Trinajstić information content (AvgIpc) is 2.99. The molecule has 1 aromatic heterocycles. The van der Waals surface area contributed by atoms with Gasteiger partial charge in [0.1, 0.15) is 0 Å². The second-order valence-electron chi connectivity index (χ2n) is 6.77. The third-order valence-electron chi connectivity index (χ3n) is 5.31. The molecule has 4 rings (SSSR count). The molecule has 22 heavy (non-hydrogen) atoms. The quantitative estimate of drug-likeness (QED) is 0.830. The fourth-order valence-electron chi connectivity index (χ4n) is 4.07. The molecule has 0 aromatic carbocycles. The van der Waals surface area contributed by atoms with E-state index in [2.05, 4.69) is 32.2 Å². The first-order valence-electron chi connectivity index (χ1n) is 8.48. The molecular formula is C16H24N4OS. The summed E-state index contributed by atoms with van der Waals surface area (Å²) in [5.74, 6) is 1.20. The minimum absolute atomic E-state index is 0.131. The number of fused-ring (bicyclic) bond motifs is 1. The summed E-state index contributed by atoms with van der Waals surface area (Å²) >= 11 is 2.10. The second kappa shape index (κ2) is 5.89. The topological polar surface area (TPSA) is 61.0 Å². The summed E-state index contributed by atoms with van der Waals surface area (Å²) in [7, 11) is 0. The second-order valence-corrected chi connectivity index (χ2v) is 8.34. The van der Waals surface area contributed by atoms with Gasteiger partial charge in [0.2, 0.25) is 0 Å². The number of aromatic nitrogens is 2. The molecule has 1 amide bonds. The summed E-state index contributed by atoms with van der Waals surface area (Å²) in [6.07, 6.45) is 7.46. The Morgan fingerprint density at radius 2 is 2.14 bits per heavy atom. The Bertz CT molecular complexity index is 559. The zero-order valence-electron chi connectivity index (χ0n) is 13.0. The smallest absolute Gasteiger partial charge is 0.274 e. The SMILES string of the molecule is O=C(c1n[nH]c2c1CNCC2)N1CCSC2(CCCCC2)C1. The molecule has 0 unspecified atom stereocenters. The van der Waals surface area contributed by atoms with E-state index in [-0.39, 0.29) is 5.91 Å². The van der Waals surface area contributed by atoms with Crippen LogP contribution in [0.1, 0.15) is 53.8 Å². The van der Waals surface area contributed by atoms with Gasteiger partial charge in [-0.05, 0) is 12.8 Å². The van der Waals surface area contributed by atoms with Crippen LogP contribution in [-0.4, -0.2) is 51.1 Å². The van der Waals surface area contributed by atoms with Gasteiger partial charge in [0.15, 0.2) is 5.69 Å². The van der Waals surface area contributed by atoms with Crippen LogP contribution in [0.2, 0.25) is 0 Å². The van der Waals surface area contributed by atoms with Crippen molar-refractivity contribution in [2.45, 2.75) is 49.8 Å². The first-order valence-corrected chi connectivity index (χ1v) is 9.46. The zero-order valence-corrected chi connectivity index (χ0v) is 13.8. The summed E-state index contributed by atoms with van der Waals surface area (Å²) in [4.78, 5) is 15.0. The summed E-state index contributed by atoms with van der Waals surface area (Å²) in [5.41, 5.74) is 2.88. The molecule has 1 aliphatic carbocycles. The Balaban J connectivity index is 1.53. The number of aromatic amines is 1. The highest BCUT2D eigenvalue weighted by atomic mass is 32.2. The molecule has 0 radical (unpaired) electrons. The maximum atomic E-state index is 13.0. The van der Waals surface area contributed by atoms with Gasteiger partial charge in [-0.25, -0.2) is 0 Å². The fourth-order valence-corrected chi connectivity index (χ4v) is 5.64. The van der Waals surface area contributed by atoms with Gasteiger partial charge in [-0.1, -0.05) is 19.3 Å². The lowest BCUT2D eigenvalue weighted by atomic mass is 9.87. The van der Waals surface area contributed by atoms with Gasteiger partial charge < -0.3 is 10.2 Å². The van der Waals surface area contributed by atoms with E-state index in [0.717, 1.165) is 49.6 Å². The molecule has 3 aliphatic rings. The summed E-state index contributed by atoms with van der Waals surface area (Å²) in [5, 5.41) is 10.8. The van der Waals surface area contributed by atoms with E-state index in [0.29, 0.717) is 10.4 Å². The summed E-state index contributed by atoms with van der Waals surface area (Å²) in [6.45, 7) is 3.50. The van der Waals surface area contributed by atoms with Crippen LogP contribution < -0.4 is 5.32 Å². The Kier molecular flexibility index (Phi) is 3.90. The van der Waals surface area contributed by atoms with E-state index in [4.69, 9.17) is 0 Å². The van der Waals surface area contributed by atoms with Crippen LogP contribution >= 0.6 is 11.8 Å². The Morgan fingerprint density at radius 1 is 1.27 bits per heavy atom. The van der Waals surface area contributed by atoms with E-state index in [1.165, 1.54) is 32.1 Å². The van der Waals surface area contributed by atoms with Crippen LogP contribution in [0.15, 0.2) is 0 Å². The Morgan fingerprint density at radius 3 is 3.00 bits per heavy atom. The van der Waals surface area contributed by atoms with Gasteiger partial charge in [-0.2, -0.15) is 16.9 Å². The highest BCUT2D eigenvalue weighted by Crippen LogP contribution is 2.43. The molecule has 0 atom stereocenters. The van der Waals surface area contributed by atoms with Crippen molar-refractivity contribution in [3.05, 3.63) is 17.0 Å². The first-order chi connectivity index (χ1) is 10.8. The number of hydrogen-bond acceptors (Lipinski definition) is 4. The van der Waals surface area contributed by atoms with Crippen molar-refractivity contribution in [2.75, 3.05) is 25.4 Å². The van der Waals surface area contributed by atoms with Crippen molar-refractivity contribution in [1.29, 1.82) is 0 Å². The van der Waals surface area contributed by atoms with Crippen LogP contribution in [0, 0.1) is 0 Å². The Hall–Kier alpha value is -1.01. The largest absolute Gasteiger partial charge is 0.335 e. The molecule has 6 heteroatoms. The van der Waals surface area contributed by atoms with Gasteiger partial charge in [-0.15, -0.1) is 0 Å². The highest BCUT2D eigenvalue weighted by Gasteiger charge is 2.39. The lowest BCUT2D eigenvalue weighted by Gasteiger charge is -2.44. The van der Waals surface area contributed by atoms with Gasteiger partial charge in [0.25, 0.3) is 5.91 Å². The molecule has 1 spiro atoms. The van der Waals surface area contributed by atoms with Crippen LogP contribution in [0.25, 0.3) is 0 Å². The number of nitrogens with one attached hydrogen (secondary N) is 2. The molecule has 2 N–H and O–H groups in total. The average molecular weight is 320 g/mol. The molecule has 2 aliphatic heterocycles. The first kappa shape index (κ1) is 14.6. The standard InChI is InChI=1S/C16H24N4OS/c21-15(14-12-10-17-7-4-13(12)18-19-14)20-8-9-22-16(11-20)5-2-1-3-6-16/h17H,1-11H2,(H,18,19). The van der Waals surface area contributed by atoms with Crippen LogP contribution in [-0.2, 0) is 13.0 Å². The number of nitrogens with zero attached hydrogens (tertiary/aromatic N) is 2. The molecule has 1 saturated heterocycles. The van der Waals surface area contributed by atoms with Crippen molar-refractivity contribution >= 4 is 17.7 Å². The van der Waals surface area contributed by atoms with E-state index < -0.39 is 0 Å². The molecule has 1 saturated carbocycles. The minimum Gasteiger partial charge on any atom is -0.335 e. The molecule has 120 valence electrons. The molecule has 3 heterocycles. The molecular weight excluding hydrogens is 296 g/mol. The summed E-state index contributed by atoms with van der Waals surface area (Å²) in [6, 6.07) is 0. The number of thioether (sulfide) groups is 1. The number of carbonyl (C=O) groups excluding carboxylic acids is 1. The number of hydrogen-bond donors (Lipinski definition) is 2. The summed E-state index contributed by atoms with van der Waals surface area (Å²) < 4.78 is 0.320. The number of rotatable bonds is 1. The number of carbonyl (C=O) groups is 1. The predicted molar refractivity (Wildman–Crippen MR) is 88.2 cm³/mol. The molecule has 2 fully saturated rings. The van der Waals surface area contributed by atoms with Crippen LogP contribution in [0.4, 0.5) is 0 Å². The molecule has 5 nitrogen and oxygen atoms in total. The lowest BCUT2D eigenvalue weighted by molar-refractivity contribution is 0.0723. The Labute approximate surface area is 135 Å². The predicted octanol–water partition coefficient (Wildman–Crippen LogP) is 1.95. The van der Waals surface area contributed by atoms with Crippen molar-refractivity contribution in [2.24, 2.45) is 0 Å². The number of amides is 1. The van der Waals surface area contributed by atoms with Crippen LogP contribution in [0.3, 0.4) is 0 Å². The van der Waals surface area contributed by atoms with Crippen molar-refractivity contribution in [3.8, 4) is 0 Å². The van der Waals surface area contributed by atoms with Crippen molar-refractivity contribution in [1.82, 2.24) is 20.4 Å². The van der Waals surface area contributed by atoms with Crippen molar-refractivity contribution in [3.63, 3.8) is 0 Å². The van der Waals surface area contributed by atoms with E-state index in [1.54, 1.807) is 0 Å². The minimum atomic E-state index is 0.131. The van der Waals surface area contributed by atoms with Crippen LogP contribution in [0.5, 0.6) is 0 Å². The maximum Gasteiger partial charge on any atom is 0.274 e. The van der Waals surface area contributed by atoms with E-state index >= 15 is 0 Å².